The number of hydrogen-bond acceptors (Lipinski definition) is 3. The summed E-state index contributed by atoms with van der Waals surface area (Å²) in [5.41, 5.74) is 3.20. The van der Waals surface area contributed by atoms with Crippen molar-refractivity contribution in [1.29, 1.82) is 0 Å². The predicted molar refractivity (Wildman–Crippen MR) is 174 cm³/mol. The van der Waals surface area contributed by atoms with Gasteiger partial charge in [0, 0.05) is 54.2 Å². The van der Waals surface area contributed by atoms with Crippen LogP contribution in [-0.2, 0) is 6.54 Å². The molecule has 2 fully saturated rings. The second-order valence-electron chi connectivity index (χ2n) is 15.0. The van der Waals surface area contributed by atoms with E-state index in [4.69, 9.17) is 4.98 Å². The zero-order chi connectivity index (χ0) is 28.9. The van der Waals surface area contributed by atoms with Gasteiger partial charge in [-0.15, -0.1) is 0 Å². The van der Waals surface area contributed by atoms with Gasteiger partial charge in [0.25, 0.3) is 0 Å². The number of nitrogens with one attached hydrogen (secondary N) is 1. The fraction of sp³-hybridized carbons (Fsp3) is 0.806. The third-order valence-electron chi connectivity index (χ3n) is 11.0. The lowest BCUT2D eigenvalue weighted by molar-refractivity contribution is 0.0356. The van der Waals surface area contributed by atoms with Crippen molar-refractivity contribution in [3.63, 3.8) is 0 Å². The SMILES string of the molecule is CC(C)C(CCCCCCCCCn1ccc2c(N3CC(C)(C)N[C@H]4CCCC[C@@H]43)ccnc21)(C(C)C)C(C)C. The summed E-state index contributed by atoms with van der Waals surface area (Å²) in [6.45, 7) is 21.6. The van der Waals surface area contributed by atoms with Gasteiger partial charge in [-0.3, -0.25) is 0 Å². The summed E-state index contributed by atoms with van der Waals surface area (Å²) >= 11 is 0. The van der Waals surface area contributed by atoms with Gasteiger partial charge in [-0.2, -0.15) is 0 Å². The fourth-order valence-corrected chi connectivity index (χ4v) is 8.98. The molecule has 1 aliphatic heterocycles. The van der Waals surface area contributed by atoms with Crippen molar-refractivity contribution < 1.29 is 0 Å². The molecule has 1 N–H and O–H groups in total. The number of aromatic nitrogens is 2. The second-order valence-corrected chi connectivity index (χ2v) is 15.0. The quantitative estimate of drug-likeness (QED) is 0.238. The van der Waals surface area contributed by atoms with Crippen molar-refractivity contribution in [1.82, 2.24) is 14.9 Å². The Morgan fingerprint density at radius 3 is 2.17 bits per heavy atom. The average molecular weight is 551 g/mol. The predicted octanol–water partition coefficient (Wildman–Crippen LogP) is 9.61. The first-order valence-corrected chi connectivity index (χ1v) is 17.0. The molecule has 3 heterocycles. The third-order valence-corrected chi connectivity index (χ3v) is 11.0. The van der Waals surface area contributed by atoms with Crippen molar-refractivity contribution in [3.8, 4) is 0 Å². The summed E-state index contributed by atoms with van der Waals surface area (Å²) in [6.07, 6.45) is 20.5. The van der Waals surface area contributed by atoms with Crippen LogP contribution in [0.4, 0.5) is 5.69 Å². The summed E-state index contributed by atoms with van der Waals surface area (Å²) in [4.78, 5) is 7.59. The minimum atomic E-state index is 0.136. The molecule has 2 aromatic rings. The number of unbranched alkanes of at least 4 members (excludes halogenated alkanes) is 6. The van der Waals surface area contributed by atoms with Crippen molar-refractivity contribution in [2.75, 3.05) is 11.4 Å². The Bertz CT molecular complexity index is 1030. The number of nitrogens with zero attached hydrogens (tertiary/aromatic N) is 3. The number of fused-ring (bicyclic) bond motifs is 2. The van der Waals surface area contributed by atoms with Gasteiger partial charge in [0.1, 0.15) is 5.65 Å². The second kappa shape index (κ2) is 13.6. The van der Waals surface area contributed by atoms with Crippen LogP contribution in [0.5, 0.6) is 0 Å². The van der Waals surface area contributed by atoms with E-state index in [9.17, 15) is 0 Å². The average Bonchev–Trinajstić information content (AvgIpc) is 3.31. The molecule has 0 spiro atoms. The Balaban J connectivity index is 1.24. The van der Waals surface area contributed by atoms with Crippen LogP contribution in [0.15, 0.2) is 24.5 Å². The summed E-state index contributed by atoms with van der Waals surface area (Å²) in [5.74, 6) is 2.28. The van der Waals surface area contributed by atoms with Gasteiger partial charge >= 0.3 is 0 Å². The molecule has 0 unspecified atom stereocenters. The highest BCUT2D eigenvalue weighted by Gasteiger charge is 2.41. The highest BCUT2D eigenvalue weighted by molar-refractivity contribution is 5.90. The Morgan fingerprint density at radius 2 is 1.50 bits per heavy atom. The van der Waals surface area contributed by atoms with Gasteiger partial charge in [0.05, 0.1) is 0 Å². The van der Waals surface area contributed by atoms with Gasteiger partial charge in [-0.1, -0.05) is 92.9 Å². The first-order chi connectivity index (χ1) is 19.1. The van der Waals surface area contributed by atoms with Crippen LogP contribution in [0.25, 0.3) is 11.0 Å². The van der Waals surface area contributed by atoms with Crippen LogP contribution in [0.1, 0.15) is 132 Å². The lowest BCUT2D eigenvalue weighted by atomic mass is 9.60. The maximum Gasteiger partial charge on any atom is 0.141 e. The molecule has 1 aliphatic carbocycles. The molecule has 4 heteroatoms. The van der Waals surface area contributed by atoms with E-state index in [0.717, 1.165) is 30.8 Å². The molecule has 1 saturated heterocycles. The first-order valence-electron chi connectivity index (χ1n) is 17.0. The molecular formula is C36H62N4. The molecule has 0 amide bonds. The topological polar surface area (TPSA) is 33.1 Å². The zero-order valence-electron chi connectivity index (χ0n) is 27.4. The lowest BCUT2D eigenvalue weighted by Crippen LogP contribution is -2.67. The molecule has 226 valence electrons. The summed E-state index contributed by atoms with van der Waals surface area (Å²) < 4.78 is 2.41. The minimum absolute atomic E-state index is 0.136. The monoisotopic (exact) mass is 550 g/mol. The normalized spacial score (nSPS) is 21.6. The molecule has 2 aliphatic rings. The van der Waals surface area contributed by atoms with E-state index in [0.29, 0.717) is 17.5 Å². The Hall–Kier alpha value is -1.55. The van der Waals surface area contributed by atoms with Crippen LogP contribution in [0.2, 0.25) is 0 Å². The molecule has 40 heavy (non-hydrogen) atoms. The highest BCUT2D eigenvalue weighted by atomic mass is 15.3. The van der Waals surface area contributed by atoms with Gasteiger partial charge in [0.2, 0.25) is 0 Å². The van der Waals surface area contributed by atoms with Crippen molar-refractivity contribution >= 4 is 16.7 Å². The van der Waals surface area contributed by atoms with Gasteiger partial charge in [-0.05, 0) is 74.8 Å². The minimum Gasteiger partial charge on any atom is -0.365 e. The van der Waals surface area contributed by atoms with Crippen LogP contribution < -0.4 is 10.2 Å². The maximum atomic E-state index is 4.86. The number of hydrogen-bond donors (Lipinski definition) is 1. The molecule has 2 aromatic heterocycles. The van der Waals surface area contributed by atoms with Crippen LogP contribution in [-0.4, -0.2) is 33.7 Å². The zero-order valence-corrected chi connectivity index (χ0v) is 27.4. The largest absolute Gasteiger partial charge is 0.365 e. The smallest absolute Gasteiger partial charge is 0.141 e. The molecule has 0 aromatic carbocycles. The van der Waals surface area contributed by atoms with Crippen molar-refractivity contribution in [2.45, 2.75) is 157 Å². The third kappa shape index (κ3) is 6.90. The van der Waals surface area contributed by atoms with Gasteiger partial charge in [0.15, 0.2) is 0 Å². The fourth-order valence-electron chi connectivity index (χ4n) is 8.98. The summed E-state index contributed by atoms with van der Waals surface area (Å²) in [6, 6.07) is 5.81. The summed E-state index contributed by atoms with van der Waals surface area (Å²) in [5, 5.41) is 5.30. The standard InChI is InChI=1S/C36H62N4/c1-27(2)36(28(3)4,29(5)6)22-16-12-10-9-11-13-17-24-39-25-21-30-32(20-23-37-34(30)39)40-26-35(7,8)38-31-18-14-15-19-33(31)40/h20-21,23,25,27-29,31,33,38H,9-19,22,24,26H2,1-8H3/t31-,33-/m0/s1. The number of anilines is 1. The number of piperazine rings is 1. The molecule has 1 saturated carbocycles. The Labute approximate surface area is 247 Å². The van der Waals surface area contributed by atoms with E-state index in [1.54, 1.807) is 0 Å². The molecule has 0 bridgehead atoms. The van der Waals surface area contributed by atoms with Gasteiger partial charge < -0.3 is 14.8 Å². The molecular weight excluding hydrogens is 488 g/mol. The van der Waals surface area contributed by atoms with E-state index >= 15 is 0 Å². The van der Waals surface area contributed by atoms with Crippen molar-refractivity contribution in [2.24, 2.45) is 23.2 Å². The van der Waals surface area contributed by atoms with E-state index in [1.807, 2.05) is 6.20 Å². The van der Waals surface area contributed by atoms with Crippen molar-refractivity contribution in [3.05, 3.63) is 24.5 Å². The number of aryl methyl sites for hydroxylation is 1. The van der Waals surface area contributed by atoms with E-state index in [-0.39, 0.29) is 5.54 Å². The Kier molecular flexibility index (Phi) is 10.7. The van der Waals surface area contributed by atoms with E-state index in [2.05, 4.69) is 88.5 Å². The maximum absolute atomic E-state index is 4.86. The van der Waals surface area contributed by atoms with Gasteiger partial charge in [-0.25, -0.2) is 4.98 Å². The summed E-state index contributed by atoms with van der Waals surface area (Å²) in [7, 11) is 0. The van der Waals surface area contributed by atoms with Crippen LogP contribution >= 0.6 is 0 Å². The number of rotatable bonds is 14. The van der Waals surface area contributed by atoms with E-state index < -0.39 is 0 Å². The lowest BCUT2D eigenvalue weighted by Gasteiger charge is -2.52. The first kappa shape index (κ1) is 31.4. The Morgan fingerprint density at radius 1 is 0.875 bits per heavy atom. The number of pyridine rings is 1. The molecule has 2 atom stereocenters. The van der Waals surface area contributed by atoms with Crippen LogP contribution in [0, 0.1) is 23.2 Å². The molecule has 0 radical (unpaired) electrons. The van der Waals surface area contributed by atoms with E-state index in [1.165, 1.54) is 93.8 Å². The highest BCUT2D eigenvalue weighted by Crippen LogP contribution is 2.47. The molecule has 4 rings (SSSR count). The molecule has 4 nitrogen and oxygen atoms in total. The van der Waals surface area contributed by atoms with Crippen LogP contribution in [0.3, 0.4) is 0 Å².